The molecule has 0 unspecified atom stereocenters. The van der Waals surface area contributed by atoms with Crippen LogP contribution in [0.3, 0.4) is 0 Å². The molecular formula is C17H15BrClNO7S. The van der Waals surface area contributed by atoms with E-state index in [4.69, 9.17) is 26.2 Å². The molecule has 1 aliphatic rings. The number of thioether (sulfide) groups is 1. The van der Waals surface area contributed by atoms with Gasteiger partial charge in [0, 0.05) is 0 Å². The van der Waals surface area contributed by atoms with Crippen LogP contribution in [0.4, 0.5) is 4.79 Å². The lowest BCUT2D eigenvalue weighted by Gasteiger charge is -2.19. The van der Waals surface area contributed by atoms with Crippen molar-refractivity contribution >= 4 is 68.5 Å². The Labute approximate surface area is 177 Å². The van der Waals surface area contributed by atoms with Crippen LogP contribution in [0.15, 0.2) is 21.5 Å². The lowest BCUT2D eigenvalue weighted by molar-refractivity contribution is -0.150. The van der Waals surface area contributed by atoms with E-state index in [-0.39, 0.29) is 22.3 Å². The number of carboxylic acid groups (broad SMARTS) is 1. The number of rotatable bonds is 7. The molecule has 28 heavy (non-hydrogen) atoms. The number of amides is 2. The predicted octanol–water partition coefficient (Wildman–Crippen LogP) is 3.55. The maximum absolute atomic E-state index is 12.6. The van der Waals surface area contributed by atoms with Crippen molar-refractivity contribution < 1.29 is 33.8 Å². The molecule has 1 saturated heterocycles. The third-order valence-corrected chi connectivity index (χ3v) is 5.25. The average Bonchev–Trinajstić information content (AvgIpc) is 2.87. The van der Waals surface area contributed by atoms with Gasteiger partial charge >= 0.3 is 11.9 Å². The van der Waals surface area contributed by atoms with Crippen molar-refractivity contribution in [3.05, 3.63) is 32.1 Å². The Morgan fingerprint density at radius 2 is 2.07 bits per heavy atom. The van der Waals surface area contributed by atoms with Crippen LogP contribution in [0.2, 0.25) is 5.02 Å². The highest BCUT2D eigenvalue weighted by Crippen LogP contribution is 2.38. The molecule has 2 amide bonds. The molecule has 150 valence electrons. The molecule has 2 rings (SSSR count). The molecule has 1 aromatic carbocycles. The molecule has 1 atom stereocenters. The molecule has 0 aromatic heterocycles. The fourth-order valence-corrected chi connectivity index (χ4v) is 4.17. The first kappa shape index (κ1) is 22.3. The zero-order valence-electron chi connectivity index (χ0n) is 14.7. The topological polar surface area (TPSA) is 110 Å². The van der Waals surface area contributed by atoms with Crippen LogP contribution in [0, 0.1) is 0 Å². The number of imide groups is 1. The predicted molar refractivity (Wildman–Crippen MR) is 106 cm³/mol. The zero-order valence-corrected chi connectivity index (χ0v) is 17.9. The molecule has 0 spiro atoms. The fourth-order valence-electron chi connectivity index (χ4n) is 2.27. The Morgan fingerprint density at radius 1 is 1.39 bits per heavy atom. The molecule has 1 fully saturated rings. The molecule has 1 aromatic rings. The Kier molecular flexibility index (Phi) is 7.50. The van der Waals surface area contributed by atoms with E-state index >= 15 is 0 Å². The zero-order chi connectivity index (χ0) is 21.0. The average molecular weight is 493 g/mol. The number of hydrogen-bond acceptors (Lipinski definition) is 7. The number of carboxylic acids is 1. The van der Waals surface area contributed by atoms with Crippen molar-refractivity contribution in [1.82, 2.24) is 4.90 Å². The summed E-state index contributed by atoms with van der Waals surface area (Å²) in [6.07, 6.45) is 1.44. The minimum absolute atomic E-state index is 0.114. The lowest BCUT2D eigenvalue weighted by Crippen LogP contribution is -2.42. The fraction of sp³-hybridized carbons (Fsp3) is 0.294. The molecule has 1 aliphatic heterocycles. The van der Waals surface area contributed by atoms with Gasteiger partial charge in [-0.25, -0.2) is 9.59 Å². The number of nitrogens with zero attached hydrogens (tertiary/aromatic N) is 1. The van der Waals surface area contributed by atoms with Crippen LogP contribution < -0.4 is 4.74 Å². The first-order valence-electron chi connectivity index (χ1n) is 7.93. The van der Waals surface area contributed by atoms with Crippen LogP contribution >= 0.6 is 39.3 Å². The van der Waals surface area contributed by atoms with Gasteiger partial charge in [0.15, 0.2) is 12.4 Å². The Hall–Kier alpha value is -2.04. The van der Waals surface area contributed by atoms with Crippen molar-refractivity contribution in [2.24, 2.45) is 0 Å². The normalized spacial score (nSPS) is 16.4. The van der Waals surface area contributed by atoms with E-state index in [0.29, 0.717) is 21.8 Å². The van der Waals surface area contributed by atoms with Crippen molar-refractivity contribution in [3.63, 3.8) is 0 Å². The minimum atomic E-state index is -1.16. The summed E-state index contributed by atoms with van der Waals surface area (Å²) in [7, 11) is 0. The van der Waals surface area contributed by atoms with E-state index in [1.807, 2.05) is 0 Å². The van der Waals surface area contributed by atoms with Gasteiger partial charge in [-0.15, -0.1) is 0 Å². The summed E-state index contributed by atoms with van der Waals surface area (Å²) in [5.74, 6) is -2.30. The van der Waals surface area contributed by atoms with Gasteiger partial charge in [0.25, 0.3) is 11.1 Å². The highest BCUT2D eigenvalue weighted by atomic mass is 79.9. The van der Waals surface area contributed by atoms with E-state index in [9.17, 15) is 19.2 Å². The van der Waals surface area contributed by atoms with E-state index in [0.717, 1.165) is 4.90 Å². The number of halogens is 2. The number of esters is 1. The van der Waals surface area contributed by atoms with Gasteiger partial charge < -0.3 is 14.6 Å². The van der Waals surface area contributed by atoms with Gasteiger partial charge in [0.1, 0.15) is 6.04 Å². The Balaban J connectivity index is 2.26. The van der Waals surface area contributed by atoms with Crippen LogP contribution in [0.1, 0.15) is 19.4 Å². The monoisotopic (exact) mass is 491 g/mol. The highest BCUT2D eigenvalue weighted by Gasteiger charge is 2.41. The van der Waals surface area contributed by atoms with Crippen molar-refractivity contribution in [3.8, 4) is 5.75 Å². The van der Waals surface area contributed by atoms with Crippen LogP contribution in [0.5, 0.6) is 5.75 Å². The van der Waals surface area contributed by atoms with Crippen LogP contribution in [0.25, 0.3) is 6.08 Å². The number of hydrogen-bond donors (Lipinski definition) is 1. The minimum Gasteiger partial charge on any atom is -0.479 e. The van der Waals surface area contributed by atoms with E-state index < -0.39 is 35.7 Å². The second-order valence-electron chi connectivity index (χ2n) is 5.48. The molecule has 8 nitrogen and oxygen atoms in total. The standard InChI is InChI=1S/C17H15BrClNO7S/c1-3-26-16(24)8(2)20-15(23)12(28-17(20)25)6-9-4-10(18)14(11(19)5-9)27-7-13(21)22/h4-6,8H,3,7H2,1-2H3,(H,21,22)/b12-6+/t8-/m1/s1. The van der Waals surface area contributed by atoms with Crippen LogP contribution in [-0.2, 0) is 19.1 Å². The maximum Gasteiger partial charge on any atom is 0.341 e. The van der Waals surface area contributed by atoms with Crippen molar-refractivity contribution in [1.29, 1.82) is 0 Å². The van der Waals surface area contributed by atoms with Gasteiger partial charge in [0.2, 0.25) is 0 Å². The second kappa shape index (κ2) is 9.44. The smallest absolute Gasteiger partial charge is 0.341 e. The molecule has 1 N–H and O–H groups in total. The van der Waals surface area contributed by atoms with Crippen molar-refractivity contribution in [2.75, 3.05) is 13.2 Å². The Morgan fingerprint density at radius 3 is 2.64 bits per heavy atom. The summed E-state index contributed by atoms with van der Waals surface area (Å²) in [5.41, 5.74) is 0.480. The highest BCUT2D eigenvalue weighted by molar-refractivity contribution is 9.10. The second-order valence-corrected chi connectivity index (χ2v) is 7.73. The summed E-state index contributed by atoms with van der Waals surface area (Å²) in [5, 5.41) is 8.24. The van der Waals surface area contributed by atoms with E-state index in [1.165, 1.54) is 19.1 Å². The summed E-state index contributed by atoms with van der Waals surface area (Å²) in [4.78, 5) is 48.2. The first-order valence-corrected chi connectivity index (χ1v) is 9.91. The van der Waals surface area contributed by atoms with E-state index in [2.05, 4.69) is 15.9 Å². The van der Waals surface area contributed by atoms with Crippen LogP contribution in [-0.4, -0.2) is 52.3 Å². The molecule has 0 radical (unpaired) electrons. The van der Waals surface area contributed by atoms with Gasteiger partial charge in [-0.1, -0.05) is 11.6 Å². The molecule has 0 bridgehead atoms. The molecule has 0 aliphatic carbocycles. The third kappa shape index (κ3) is 5.06. The first-order chi connectivity index (χ1) is 13.1. The maximum atomic E-state index is 12.6. The number of benzene rings is 1. The lowest BCUT2D eigenvalue weighted by atomic mass is 10.2. The number of carbonyl (C=O) groups excluding carboxylic acids is 3. The molecule has 0 saturated carbocycles. The van der Waals surface area contributed by atoms with Crippen molar-refractivity contribution in [2.45, 2.75) is 19.9 Å². The van der Waals surface area contributed by atoms with E-state index in [1.54, 1.807) is 13.0 Å². The van der Waals surface area contributed by atoms with Gasteiger partial charge in [-0.2, -0.15) is 0 Å². The summed E-state index contributed by atoms with van der Waals surface area (Å²) in [6.45, 7) is 2.61. The summed E-state index contributed by atoms with van der Waals surface area (Å²) >= 11 is 10.0. The molecule has 11 heteroatoms. The van der Waals surface area contributed by atoms with Gasteiger partial charge in [0.05, 0.1) is 21.0 Å². The largest absolute Gasteiger partial charge is 0.479 e. The SMILES string of the molecule is CCOC(=O)[C@@H](C)N1C(=O)S/C(=C/c2cc(Cl)c(OCC(=O)O)c(Br)c2)C1=O. The third-order valence-electron chi connectivity index (χ3n) is 3.50. The van der Waals surface area contributed by atoms with Gasteiger partial charge in [-0.05, 0) is 65.3 Å². The number of aliphatic carboxylic acids is 1. The van der Waals surface area contributed by atoms with Gasteiger partial charge in [-0.3, -0.25) is 14.5 Å². The molecule has 1 heterocycles. The number of ether oxygens (including phenoxy) is 2. The summed E-state index contributed by atoms with van der Waals surface area (Å²) in [6, 6.07) is 1.98. The number of carbonyl (C=O) groups is 4. The quantitative estimate of drug-likeness (QED) is 0.454. The Bertz CT molecular complexity index is 850. The summed E-state index contributed by atoms with van der Waals surface area (Å²) < 4.78 is 10.3. The molecular weight excluding hydrogens is 478 g/mol.